The van der Waals surface area contributed by atoms with Crippen molar-refractivity contribution in [1.29, 1.82) is 0 Å². The van der Waals surface area contributed by atoms with Gasteiger partial charge in [-0.25, -0.2) is 4.79 Å². The van der Waals surface area contributed by atoms with Crippen molar-refractivity contribution in [1.82, 2.24) is 0 Å². The molecule has 9 heavy (non-hydrogen) atoms. The number of nitrogens with two attached hydrogens (primary N) is 1. The van der Waals surface area contributed by atoms with E-state index in [1.54, 1.807) is 0 Å². The number of hydrogen-bond donors (Lipinski definition) is 1. The Morgan fingerprint density at radius 1 is 1.78 bits per heavy atom. The van der Waals surface area contributed by atoms with E-state index in [-0.39, 0.29) is 0 Å². The fourth-order valence-corrected chi connectivity index (χ4v) is 0.233. The van der Waals surface area contributed by atoms with Crippen LogP contribution < -0.4 is 5.73 Å². The number of rotatable bonds is 2. The van der Waals surface area contributed by atoms with Crippen molar-refractivity contribution < 1.29 is 18.3 Å². The van der Waals surface area contributed by atoms with Crippen LogP contribution in [0.2, 0.25) is 0 Å². The highest BCUT2D eigenvalue weighted by molar-refractivity contribution is 5.77. The molecule has 0 fully saturated rings. The van der Waals surface area contributed by atoms with Crippen LogP contribution in [0.5, 0.6) is 0 Å². The predicted octanol–water partition coefficient (Wildman–Crippen LogP) is -0.247. The molecule has 0 aliphatic heterocycles. The van der Waals surface area contributed by atoms with Crippen LogP contribution in [0.3, 0.4) is 0 Å². The van der Waals surface area contributed by atoms with E-state index < -0.39 is 18.4 Å². The molecule has 0 aliphatic carbocycles. The summed E-state index contributed by atoms with van der Waals surface area (Å²) in [6.45, 7) is -1.01. The van der Waals surface area contributed by atoms with Gasteiger partial charge < -0.3 is 10.5 Å². The van der Waals surface area contributed by atoms with Crippen molar-refractivity contribution in [2.24, 2.45) is 5.73 Å². The average molecular weight is 139 g/mol. The first-order chi connectivity index (χ1) is 4.04. The first-order valence-corrected chi connectivity index (χ1v) is 2.21. The van der Waals surface area contributed by atoms with Gasteiger partial charge in [0.05, 0.1) is 13.7 Å². The van der Waals surface area contributed by atoms with E-state index in [9.17, 15) is 13.6 Å². The number of ether oxygens (including phenoxy) is 1. The second kappa shape index (κ2) is 2.72. The van der Waals surface area contributed by atoms with Crippen molar-refractivity contribution in [3.8, 4) is 0 Å². The molecule has 0 rings (SSSR count). The maximum absolute atomic E-state index is 11.9. The topological polar surface area (TPSA) is 52.3 Å². The minimum atomic E-state index is -3.53. The molecule has 0 spiro atoms. The van der Waals surface area contributed by atoms with Gasteiger partial charge >= 0.3 is 11.9 Å². The van der Waals surface area contributed by atoms with Gasteiger partial charge in [0.1, 0.15) is 0 Å². The second-order valence-corrected chi connectivity index (χ2v) is 1.40. The van der Waals surface area contributed by atoms with Crippen molar-refractivity contribution in [3.05, 3.63) is 0 Å². The molecule has 0 amide bonds. The van der Waals surface area contributed by atoms with Gasteiger partial charge in [-0.1, -0.05) is 0 Å². The number of hydrogen-bond acceptors (Lipinski definition) is 3. The summed E-state index contributed by atoms with van der Waals surface area (Å²) in [4.78, 5) is 10.0. The molecular weight excluding hydrogens is 132 g/mol. The lowest BCUT2D eigenvalue weighted by atomic mass is 10.3. The number of alkyl halides is 2. The third kappa shape index (κ3) is 1.93. The Morgan fingerprint density at radius 3 is 2.33 bits per heavy atom. The zero-order chi connectivity index (χ0) is 7.49. The molecule has 0 saturated carbocycles. The highest BCUT2D eigenvalue weighted by Crippen LogP contribution is 2.11. The standard InChI is InChI=1S/C4H7F2NO2/c1-9-3(8)4(5,6)2-7/h2,7H2,1H3. The van der Waals surface area contributed by atoms with Crippen LogP contribution in [-0.4, -0.2) is 25.5 Å². The zero-order valence-corrected chi connectivity index (χ0v) is 4.86. The summed E-state index contributed by atoms with van der Waals surface area (Å²) in [5.41, 5.74) is 4.53. The second-order valence-electron chi connectivity index (χ2n) is 1.40. The zero-order valence-electron chi connectivity index (χ0n) is 4.86. The normalized spacial score (nSPS) is 11.1. The van der Waals surface area contributed by atoms with E-state index in [1.807, 2.05) is 0 Å². The highest BCUT2D eigenvalue weighted by atomic mass is 19.3. The van der Waals surface area contributed by atoms with Gasteiger partial charge in [0, 0.05) is 0 Å². The van der Waals surface area contributed by atoms with E-state index in [2.05, 4.69) is 10.5 Å². The van der Waals surface area contributed by atoms with Crippen LogP contribution in [0.25, 0.3) is 0 Å². The van der Waals surface area contributed by atoms with E-state index in [4.69, 9.17) is 0 Å². The molecule has 0 saturated heterocycles. The summed E-state index contributed by atoms with van der Waals surface area (Å²) in [5, 5.41) is 0. The first kappa shape index (κ1) is 8.29. The molecular formula is C4H7F2NO2. The van der Waals surface area contributed by atoms with Gasteiger partial charge in [-0.2, -0.15) is 8.78 Å². The lowest BCUT2D eigenvalue weighted by molar-refractivity contribution is -0.167. The Balaban J connectivity index is 3.97. The van der Waals surface area contributed by atoms with Crippen molar-refractivity contribution >= 4 is 5.97 Å². The molecule has 0 radical (unpaired) electrons. The van der Waals surface area contributed by atoms with Crippen LogP contribution in [0.1, 0.15) is 0 Å². The molecule has 0 aromatic heterocycles. The number of carbonyl (C=O) groups is 1. The van der Waals surface area contributed by atoms with Crippen LogP contribution in [0.4, 0.5) is 8.78 Å². The Hall–Kier alpha value is -0.710. The van der Waals surface area contributed by atoms with Gasteiger partial charge in [-0.15, -0.1) is 0 Å². The quantitative estimate of drug-likeness (QED) is 0.537. The lowest BCUT2D eigenvalue weighted by Gasteiger charge is -2.08. The number of esters is 1. The molecule has 0 aromatic rings. The highest BCUT2D eigenvalue weighted by Gasteiger charge is 2.38. The van der Waals surface area contributed by atoms with Crippen LogP contribution >= 0.6 is 0 Å². The molecule has 0 atom stereocenters. The summed E-state index contributed by atoms with van der Waals surface area (Å²) in [7, 11) is 0.881. The molecule has 2 N–H and O–H groups in total. The minimum Gasteiger partial charge on any atom is -0.465 e. The fraction of sp³-hybridized carbons (Fsp3) is 0.750. The molecule has 0 heterocycles. The molecule has 0 aromatic carbocycles. The molecule has 0 unspecified atom stereocenters. The number of methoxy groups -OCH3 is 1. The monoisotopic (exact) mass is 139 g/mol. The average Bonchev–Trinajstić information content (AvgIpc) is 1.86. The SMILES string of the molecule is COC(=O)C(F)(F)CN. The Morgan fingerprint density at radius 2 is 2.22 bits per heavy atom. The maximum Gasteiger partial charge on any atom is 0.378 e. The van der Waals surface area contributed by atoms with E-state index >= 15 is 0 Å². The molecule has 5 heteroatoms. The van der Waals surface area contributed by atoms with Gasteiger partial charge in [0.25, 0.3) is 0 Å². The largest absolute Gasteiger partial charge is 0.465 e. The van der Waals surface area contributed by atoms with E-state index in [0.29, 0.717) is 0 Å². The van der Waals surface area contributed by atoms with Gasteiger partial charge in [-0.3, -0.25) is 0 Å². The molecule has 0 bridgehead atoms. The van der Waals surface area contributed by atoms with Gasteiger partial charge in [0.15, 0.2) is 0 Å². The smallest absolute Gasteiger partial charge is 0.378 e. The molecule has 54 valence electrons. The summed E-state index contributed by atoms with van der Waals surface area (Å²) in [6.07, 6.45) is 0. The Bertz CT molecular complexity index is 115. The third-order valence-electron chi connectivity index (χ3n) is 0.740. The van der Waals surface area contributed by atoms with Crippen LogP contribution in [-0.2, 0) is 9.53 Å². The van der Waals surface area contributed by atoms with Crippen molar-refractivity contribution in [2.45, 2.75) is 5.92 Å². The van der Waals surface area contributed by atoms with E-state index in [0.717, 1.165) is 7.11 Å². The van der Waals surface area contributed by atoms with E-state index in [1.165, 1.54) is 0 Å². The number of carbonyl (C=O) groups excluding carboxylic acids is 1. The summed E-state index contributed by atoms with van der Waals surface area (Å²) >= 11 is 0. The summed E-state index contributed by atoms with van der Waals surface area (Å²) in [6, 6.07) is 0. The van der Waals surface area contributed by atoms with Crippen molar-refractivity contribution in [3.63, 3.8) is 0 Å². The Labute approximate surface area is 50.8 Å². The summed E-state index contributed by atoms with van der Waals surface area (Å²) in [5.74, 6) is -5.13. The maximum atomic E-state index is 11.9. The van der Waals surface area contributed by atoms with Crippen LogP contribution in [0, 0.1) is 0 Å². The van der Waals surface area contributed by atoms with Crippen molar-refractivity contribution in [2.75, 3.05) is 13.7 Å². The minimum absolute atomic E-state index is 0.881. The van der Waals surface area contributed by atoms with Gasteiger partial charge in [0.2, 0.25) is 0 Å². The fourth-order valence-electron chi connectivity index (χ4n) is 0.233. The lowest BCUT2D eigenvalue weighted by Crippen LogP contribution is -2.37. The first-order valence-electron chi connectivity index (χ1n) is 2.21. The predicted molar refractivity (Wildman–Crippen MR) is 26.0 cm³/mol. The Kier molecular flexibility index (Phi) is 2.51. The molecule has 0 aliphatic rings. The third-order valence-corrected chi connectivity index (χ3v) is 0.740. The van der Waals surface area contributed by atoms with Crippen LogP contribution in [0.15, 0.2) is 0 Å². The summed E-state index contributed by atoms with van der Waals surface area (Å²) < 4.78 is 27.6. The number of halogens is 2. The molecule has 3 nitrogen and oxygen atoms in total. The van der Waals surface area contributed by atoms with Gasteiger partial charge in [-0.05, 0) is 0 Å².